The normalized spacial score (nSPS) is 15.1. The Morgan fingerprint density at radius 2 is 1.89 bits per heavy atom. The van der Waals surface area contributed by atoms with E-state index in [0.29, 0.717) is 18.9 Å². The predicted molar refractivity (Wildman–Crippen MR) is 79.5 cm³/mol. The molecule has 0 saturated carbocycles. The van der Waals surface area contributed by atoms with Crippen molar-refractivity contribution in [1.82, 2.24) is 4.72 Å². The predicted octanol–water partition coefficient (Wildman–Crippen LogP) is 1.84. The van der Waals surface area contributed by atoms with E-state index < -0.39 is 15.3 Å². The number of benzene rings is 1. The van der Waals surface area contributed by atoms with Gasteiger partial charge in [-0.3, -0.25) is 0 Å². The summed E-state index contributed by atoms with van der Waals surface area (Å²) in [5, 5.41) is -0.487. The lowest BCUT2D eigenvalue weighted by molar-refractivity contribution is 0.554. The number of hydrogen-bond donors (Lipinski definition) is 2. The lowest BCUT2D eigenvalue weighted by Gasteiger charge is -2.16. The zero-order valence-electron chi connectivity index (χ0n) is 11.7. The van der Waals surface area contributed by atoms with Crippen LogP contribution in [0.5, 0.6) is 0 Å². The third-order valence-electron chi connectivity index (χ3n) is 3.41. The molecule has 2 atom stereocenters. The monoisotopic (exact) mass is 284 g/mol. The third kappa shape index (κ3) is 4.93. The highest BCUT2D eigenvalue weighted by molar-refractivity contribution is 7.90. The highest BCUT2D eigenvalue weighted by Gasteiger charge is 2.21. The Hall–Kier alpha value is -0.910. The van der Waals surface area contributed by atoms with Crippen LogP contribution in [0.15, 0.2) is 30.3 Å². The molecule has 0 aromatic heterocycles. The van der Waals surface area contributed by atoms with Gasteiger partial charge >= 0.3 is 0 Å². The minimum atomic E-state index is -3.28. The van der Waals surface area contributed by atoms with Gasteiger partial charge in [-0.15, -0.1) is 0 Å². The van der Waals surface area contributed by atoms with Crippen molar-refractivity contribution in [2.24, 2.45) is 5.73 Å². The maximum atomic E-state index is 11.9. The van der Waals surface area contributed by atoms with E-state index in [1.54, 1.807) is 0 Å². The first-order valence-electron chi connectivity index (χ1n) is 6.74. The molecule has 1 aromatic rings. The van der Waals surface area contributed by atoms with Crippen molar-refractivity contribution in [3.63, 3.8) is 0 Å². The maximum absolute atomic E-state index is 11.9. The summed E-state index contributed by atoms with van der Waals surface area (Å²) in [5.41, 5.74) is 6.70. The number of nitrogens with two attached hydrogens (primary N) is 1. The van der Waals surface area contributed by atoms with Crippen LogP contribution < -0.4 is 10.5 Å². The number of hydrogen-bond acceptors (Lipinski definition) is 3. The first kappa shape index (κ1) is 16.1. The molecule has 0 amide bonds. The largest absolute Gasteiger partial charge is 0.329 e. The standard InChI is InChI=1S/C14H24N2O2S/c1-3-14(11-15)19(17,18)16-10-9-12(2)13-7-5-4-6-8-13/h4-8,12,14,16H,3,9-11,15H2,1-2H3. The molecule has 1 rings (SSSR count). The van der Waals surface area contributed by atoms with E-state index in [-0.39, 0.29) is 6.54 Å². The molecule has 0 radical (unpaired) electrons. The van der Waals surface area contributed by atoms with Gasteiger partial charge in [-0.05, 0) is 24.3 Å². The molecular formula is C14H24N2O2S. The van der Waals surface area contributed by atoms with E-state index in [1.807, 2.05) is 25.1 Å². The molecule has 108 valence electrons. The van der Waals surface area contributed by atoms with Gasteiger partial charge < -0.3 is 5.73 Å². The van der Waals surface area contributed by atoms with Crippen LogP contribution in [-0.4, -0.2) is 26.8 Å². The Kier molecular flexibility index (Phi) is 6.48. The van der Waals surface area contributed by atoms with E-state index >= 15 is 0 Å². The zero-order chi connectivity index (χ0) is 14.3. The van der Waals surface area contributed by atoms with Crippen molar-refractivity contribution in [1.29, 1.82) is 0 Å². The van der Waals surface area contributed by atoms with Gasteiger partial charge in [-0.25, -0.2) is 13.1 Å². The van der Waals surface area contributed by atoms with E-state index in [0.717, 1.165) is 6.42 Å². The Morgan fingerprint density at radius 1 is 1.26 bits per heavy atom. The summed E-state index contributed by atoms with van der Waals surface area (Å²) < 4.78 is 26.5. The van der Waals surface area contributed by atoms with Crippen LogP contribution in [0.25, 0.3) is 0 Å². The van der Waals surface area contributed by atoms with Gasteiger partial charge in [0.15, 0.2) is 0 Å². The molecule has 4 nitrogen and oxygen atoms in total. The summed E-state index contributed by atoms with van der Waals surface area (Å²) >= 11 is 0. The molecule has 0 saturated heterocycles. The van der Waals surface area contributed by atoms with Crippen molar-refractivity contribution >= 4 is 10.0 Å². The molecule has 0 aliphatic heterocycles. The SMILES string of the molecule is CCC(CN)S(=O)(=O)NCCC(C)c1ccccc1. The molecule has 5 heteroatoms. The van der Waals surface area contributed by atoms with Gasteiger partial charge in [0.05, 0.1) is 5.25 Å². The smallest absolute Gasteiger partial charge is 0.215 e. The van der Waals surface area contributed by atoms with Gasteiger partial charge in [0, 0.05) is 13.1 Å². The summed E-state index contributed by atoms with van der Waals surface area (Å²) in [6.07, 6.45) is 1.32. The molecule has 0 fully saturated rings. The summed E-state index contributed by atoms with van der Waals surface area (Å²) in [6, 6.07) is 10.1. The van der Waals surface area contributed by atoms with Crippen LogP contribution in [0, 0.1) is 0 Å². The Balaban J connectivity index is 2.46. The Morgan fingerprint density at radius 3 is 2.42 bits per heavy atom. The van der Waals surface area contributed by atoms with E-state index in [2.05, 4.69) is 23.8 Å². The fourth-order valence-electron chi connectivity index (χ4n) is 2.00. The fraction of sp³-hybridized carbons (Fsp3) is 0.571. The van der Waals surface area contributed by atoms with Gasteiger partial charge in [0.2, 0.25) is 10.0 Å². The highest BCUT2D eigenvalue weighted by atomic mass is 32.2. The molecule has 2 unspecified atom stereocenters. The van der Waals surface area contributed by atoms with Crippen LogP contribution in [0.1, 0.15) is 38.2 Å². The van der Waals surface area contributed by atoms with Gasteiger partial charge in [0.1, 0.15) is 0 Å². The Labute approximate surface area is 116 Å². The lowest BCUT2D eigenvalue weighted by Crippen LogP contribution is -2.39. The van der Waals surface area contributed by atoms with Crippen LogP contribution in [0.3, 0.4) is 0 Å². The molecule has 3 N–H and O–H groups in total. The minimum absolute atomic E-state index is 0.167. The Bertz CT molecular complexity index is 456. The summed E-state index contributed by atoms with van der Waals surface area (Å²) in [6.45, 7) is 4.56. The van der Waals surface area contributed by atoms with E-state index in [1.165, 1.54) is 5.56 Å². The van der Waals surface area contributed by atoms with Crippen molar-refractivity contribution in [2.75, 3.05) is 13.1 Å². The molecule has 0 spiro atoms. The van der Waals surface area contributed by atoms with Gasteiger partial charge in [-0.2, -0.15) is 0 Å². The summed E-state index contributed by atoms with van der Waals surface area (Å²) in [4.78, 5) is 0. The second kappa shape index (κ2) is 7.62. The minimum Gasteiger partial charge on any atom is -0.329 e. The summed E-state index contributed by atoms with van der Waals surface area (Å²) in [7, 11) is -3.28. The topological polar surface area (TPSA) is 72.2 Å². The van der Waals surface area contributed by atoms with Crippen LogP contribution >= 0.6 is 0 Å². The molecule has 0 bridgehead atoms. The molecule has 0 aliphatic carbocycles. The van der Waals surface area contributed by atoms with Gasteiger partial charge in [0.25, 0.3) is 0 Å². The van der Waals surface area contributed by atoms with E-state index in [9.17, 15) is 8.42 Å². The second-order valence-electron chi connectivity index (χ2n) is 4.81. The summed E-state index contributed by atoms with van der Waals surface area (Å²) in [5.74, 6) is 0.335. The third-order valence-corrected chi connectivity index (χ3v) is 5.42. The number of sulfonamides is 1. The first-order chi connectivity index (χ1) is 9.01. The highest BCUT2D eigenvalue weighted by Crippen LogP contribution is 2.17. The van der Waals surface area contributed by atoms with Crippen molar-refractivity contribution in [2.45, 2.75) is 37.9 Å². The second-order valence-corrected chi connectivity index (χ2v) is 6.85. The van der Waals surface area contributed by atoms with Crippen molar-refractivity contribution < 1.29 is 8.42 Å². The average molecular weight is 284 g/mol. The van der Waals surface area contributed by atoms with Crippen LogP contribution in [0.2, 0.25) is 0 Å². The molecule has 19 heavy (non-hydrogen) atoms. The first-order valence-corrected chi connectivity index (χ1v) is 8.29. The number of rotatable bonds is 8. The quantitative estimate of drug-likeness (QED) is 0.765. The van der Waals surface area contributed by atoms with Crippen molar-refractivity contribution in [3.05, 3.63) is 35.9 Å². The molecular weight excluding hydrogens is 260 g/mol. The van der Waals surface area contributed by atoms with Crippen LogP contribution in [0.4, 0.5) is 0 Å². The fourth-order valence-corrected chi connectivity index (χ4v) is 3.33. The van der Waals surface area contributed by atoms with Crippen molar-refractivity contribution in [3.8, 4) is 0 Å². The van der Waals surface area contributed by atoms with E-state index in [4.69, 9.17) is 5.73 Å². The molecule has 0 aliphatic rings. The maximum Gasteiger partial charge on any atom is 0.215 e. The zero-order valence-corrected chi connectivity index (χ0v) is 12.5. The number of nitrogens with one attached hydrogen (secondary N) is 1. The van der Waals surface area contributed by atoms with Gasteiger partial charge in [-0.1, -0.05) is 44.2 Å². The molecule has 1 aromatic carbocycles. The van der Waals surface area contributed by atoms with Crippen LogP contribution in [-0.2, 0) is 10.0 Å². The molecule has 0 heterocycles. The lowest BCUT2D eigenvalue weighted by atomic mass is 9.98. The average Bonchev–Trinajstić information content (AvgIpc) is 2.40.